The van der Waals surface area contributed by atoms with Gasteiger partial charge in [-0.05, 0) is 40.5 Å². The molecule has 0 aliphatic rings. The number of carbonyl (C=O) groups is 2. The summed E-state index contributed by atoms with van der Waals surface area (Å²) in [6, 6.07) is 3.86. The van der Waals surface area contributed by atoms with E-state index in [1.54, 1.807) is 18.2 Å². The lowest BCUT2D eigenvalue weighted by atomic mass is 10.2. The molecule has 1 atom stereocenters. The molecule has 0 heterocycles. The van der Waals surface area contributed by atoms with Crippen molar-refractivity contribution in [2.24, 2.45) is 0 Å². The fraction of sp³-hybridized carbons (Fsp3) is 0.333. The maximum atomic E-state index is 11.7. The zero-order valence-electron chi connectivity index (χ0n) is 10.2. The van der Waals surface area contributed by atoms with Gasteiger partial charge in [0, 0.05) is 8.95 Å². The second-order valence-electron chi connectivity index (χ2n) is 3.90. The van der Waals surface area contributed by atoms with E-state index >= 15 is 0 Å². The number of carbonyl (C=O) groups excluding carboxylic acids is 1. The summed E-state index contributed by atoms with van der Waals surface area (Å²) < 4.78 is 1.58. The number of amides is 2. The normalized spacial score (nSPS) is 11.7. The van der Waals surface area contributed by atoms with Gasteiger partial charge in [0.15, 0.2) is 0 Å². The first kappa shape index (κ1) is 16.0. The quantitative estimate of drug-likeness (QED) is 0.715. The van der Waals surface area contributed by atoms with Crippen LogP contribution in [-0.2, 0) is 4.79 Å². The van der Waals surface area contributed by atoms with Gasteiger partial charge >= 0.3 is 12.0 Å². The van der Waals surface area contributed by atoms with Gasteiger partial charge < -0.3 is 15.7 Å². The van der Waals surface area contributed by atoms with Crippen molar-refractivity contribution >= 4 is 49.5 Å². The molecule has 0 saturated carbocycles. The number of urea groups is 1. The Bertz CT molecular complexity index is 480. The molecule has 7 heteroatoms. The lowest BCUT2D eigenvalue weighted by molar-refractivity contribution is -0.139. The Labute approximate surface area is 128 Å². The number of hydrogen-bond acceptors (Lipinski definition) is 2. The number of carboxylic acids is 1. The Balaban J connectivity index is 2.66. The molecule has 0 radical (unpaired) electrons. The van der Waals surface area contributed by atoms with Crippen molar-refractivity contribution in [3.05, 3.63) is 27.1 Å². The number of anilines is 1. The van der Waals surface area contributed by atoms with E-state index in [9.17, 15) is 9.59 Å². The van der Waals surface area contributed by atoms with Crippen LogP contribution in [0.25, 0.3) is 0 Å². The molecule has 0 saturated heterocycles. The molecule has 0 aromatic heterocycles. The van der Waals surface area contributed by atoms with Gasteiger partial charge in [0.05, 0.1) is 5.69 Å². The summed E-state index contributed by atoms with van der Waals surface area (Å²) in [4.78, 5) is 22.7. The molecule has 1 rings (SSSR count). The van der Waals surface area contributed by atoms with Crippen LogP contribution in [0.5, 0.6) is 0 Å². The molecule has 104 valence electrons. The molecule has 0 fully saturated rings. The average Bonchev–Trinajstić information content (AvgIpc) is 2.32. The van der Waals surface area contributed by atoms with Crippen LogP contribution in [0, 0.1) is 0 Å². The summed E-state index contributed by atoms with van der Waals surface area (Å²) in [5, 5.41) is 14.0. The van der Waals surface area contributed by atoms with E-state index in [1.165, 1.54) is 0 Å². The van der Waals surface area contributed by atoms with Crippen molar-refractivity contribution in [2.45, 2.75) is 25.8 Å². The van der Waals surface area contributed by atoms with E-state index in [2.05, 4.69) is 42.5 Å². The smallest absolute Gasteiger partial charge is 0.326 e. The van der Waals surface area contributed by atoms with Crippen molar-refractivity contribution in [1.82, 2.24) is 5.32 Å². The summed E-state index contributed by atoms with van der Waals surface area (Å²) in [6.07, 6.45) is 1.07. The molecular weight excluding hydrogens is 380 g/mol. The Morgan fingerprint density at radius 2 is 2.05 bits per heavy atom. The van der Waals surface area contributed by atoms with Gasteiger partial charge in [-0.3, -0.25) is 0 Å². The standard InChI is InChI=1S/C12H14Br2N2O3/c1-2-3-10(11(17)18)16-12(19)15-9-5-4-7(13)6-8(9)14/h4-6,10H,2-3H2,1H3,(H,17,18)(H2,15,16,19)/t10-/m0/s1. The Kier molecular flexibility index (Phi) is 6.30. The number of carboxylic acid groups (broad SMARTS) is 1. The molecule has 1 aromatic rings. The summed E-state index contributed by atoms with van der Waals surface area (Å²) in [6.45, 7) is 1.86. The van der Waals surface area contributed by atoms with Crippen molar-refractivity contribution in [2.75, 3.05) is 5.32 Å². The van der Waals surface area contributed by atoms with Gasteiger partial charge in [-0.15, -0.1) is 0 Å². The van der Waals surface area contributed by atoms with E-state index in [0.29, 0.717) is 23.0 Å². The molecule has 2 amide bonds. The maximum absolute atomic E-state index is 11.7. The number of benzene rings is 1. The van der Waals surface area contributed by atoms with Crippen LogP contribution in [0.4, 0.5) is 10.5 Å². The highest BCUT2D eigenvalue weighted by molar-refractivity contribution is 9.11. The van der Waals surface area contributed by atoms with E-state index < -0.39 is 18.0 Å². The summed E-state index contributed by atoms with van der Waals surface area (Å²) in [5.74, 6) is -1.04. The minimum atomic E-state index is -1.04. The predicted octanol–water partition coefficient (Wildman–Crippen LogP) is 3.59. The Morgan fingerprint density at radius 1 is 1.37 bits per heavy atom. The maximum Gasteiger partial charge on any atom is 0.326 e. The topological polar surface area (TPSA) is 78.4 Å². The number of aliphatic carboxylic acids is 1. The summed E-state index contributed by atoms with van der Waals surface area (Å²) in [5.41, 5.74) is 0.571. The number of rotatable bonds is 5. The van der Waals surface area contributed by atoms with Gasteiger partial charge in [-0.1, -0.05) is 29.3 Å². The fourth-order valence-electron chi connectivity index (χ4n) is 1.45. The molecule has 0 unspecified atom stereocenters. The minimum absolute atomic E-state index is 0.393. The average molecular weight is 394 g/mol. The SMILES string of the molecule is CCC[C@H](NC(=O)Nc1ccc(Br)cc1Br)C(=O)O. The van der Waals surface area contributed by atoms with Gasteiger partial charge in [0.25, 0.3) is 0 Å². The van der Waals surface area contributed by atoms with E-state index in [1.807, 2.05) is 6.92 Å². The van der Waals surface area contributed by atoms with Crippen LogP contribution in [0.1, 0.15) is 19.8 Å². The molecule has 19 heavy (non-hydrogen) atoms. The third-order valence-electron chi connectivity index (χ3n) is 2.36. The highest BCUT2D eigenvalue weighted by atomic mass is 79.9. The largest absolute Gasteiger partial charge is 0.480 e. The lowest BCUT2D eigenvalue weighted by Gasteiger charge is -2.15. The minimum Gasteiger partial charge on any atom is -0.480 e. The fourth-order valence-corrected chi connectivity index (χ4v) is 2.60. The van der Waals surface area contributed by atoms with Gasteiger partial charge in [-0.2, -0.15) is 0 Å². The highest BCUT2D eigenvalue weighted by Gasteiger charge is 2.18. The zero-order chi connectivity index (χ0) is 14.4. The predicted molar refractivity (Wildman–Crippen MR) is 80.3 cm³/mol. The van der Waals surface area contributed by atoms with Gasteiger partial charge in [0.2, 0.25) is 0 Å². The number of halogens is 2. The molecule has 0 spiro atoms. The molecule has 5 nitrogen and oxygen atoms in total. The van der Waals surface area contributed by atoms with Crippen molar-refractivity contribution in [3.63, 3.8) is 0 Å². The second-order valence-corrected chi connectivity index (χ2v) is 5.67. The lowest BCUT2D eigenvalue weighted by Crippen LogP contribution is -2.42. The van der Waals surface area contributed by atoms with Crippen LogP contribution in [0.2, 0.25) is 0 Å². The number of nitrogens with one attached hydrogen (secondary N) is 2. The van der Waals surface area contributed by atoms with Crippen molar-refractivity contribution < 1.29 is 14.7 Å². The monoisotopic (exact) mass is 392 g/mol. The van der Waals surface area contributed by atoms with Crippen LogP contribution in [0.15, 0.2) is 27.1 Å². The van der Waals surface area contributed by atoms with Gasteiger partial charge in [-0.25, -0.2) is 9.59 Å². The van der Waals surface area contributed by atoms with Crippen molar-refractivity contribution in [1.29, 1.82) is 0 Å². The summed E-state index contributed by atoms with van der Waals surface area (Å²) >= 11 is 6.62. The van der Waals surface area contributed by atoms with Gasteiger partial charge in [0.1, 0.15) is 6.04 Å². The first-order chi connectivity index (χ1) is 8.93. The molecule has 0 aliphatic carbocycles. The highest BCUT2D eigenvalue weighted by Crippen LogP contribution is 2.26. The van der Waals surface area contributed by atoms with E-state index in [-0.39, 0.29) is 0 Å². The van der Waals surface area contributed by atoms with E-state index in [0.717, 1.165) is 4.47 Å². The molecule has 1 aromatic carbocycles. The zero-order valence-corrected chi connectivity index (χ0v) is 13.4. The Hall–Kier alpha value is -1.08. The first-order valence-electron chi connectivity index (χ1n) is 5.69. The van der Waals surface area contributed by atoms with Crippen LogP contribution in [-0.4, -0.2) is 23.1 Å². The summed E-state index contributed by atoms with van der Waals surface area (Å²) in [7, 11) is 0. The third-order valence-corrected chi connectivity index (χ3v) is 3.51. The van der Waals surface area contributed by atoms with E-state index in [4.69, 9.17) is 5.11 Å². The van der Waals surface area contributed by atoms with Crippen LogP contribution in [0.3, 0.4) is 0 Å². The molecule has 0 aliphatic heterocycles. The second kappa shape index (κ2) is 7.49. The number of hydrogen-bond donors (Lipinski definition) is 3. The molecule has 3 N–H and O–H groups in total. The first-order valence-corrected chi connectivity index (χ1v) is 7.28. The third kappa shape index (κ3) is 5.20. The van der Waals surface area contributed by atoms with Crippen LogP contribution < -0.4 is 10.6 Å². The molecule has 0 bridgehead atoms. The van der Waals surface area contributed by atoms with Crippen molar-refractivity contribution in [3.8, 4) is 0 Å². The molecular formula is C12H14Br2N2O3. The van der Waals surface area contributed by atoms with Crippen LogP contribution >= 0.6 is 31.9 Å². The Morgan fingerprint density at radius 3 is 2.58 bits per heavy atom.